The fourth-order valence-electron chi connectivity index (χ4n) is 3.65. The molecule has 1 aliphatic rings. The van der Waals surface area contributed by atoms with Gasteiger partial charge in [0.2, 0.25) is 0 Å². The number of urea groups is 1. The van der Waals surface area contributed by atoms with E-state index in [0.29, 0.717) is 26.1 Å². The molecule has 0 radical (unpaired) electrons. The van der Waals surface area contributed by atoms with E-state index in [1.165, 1.54) is 16.9 Å². The molecule has 0 spiro atoms. The first-order chi connectivity index (χ1) is 13.8. The number of fused-ring (bicyclic) bond motifs is 3. The van der Waals surface area contributed by atoms with Crippen molar-refractivity contribution in [3.8, 4) is 0 Å². The predicted molar refractivity (Wildman–Crippen MR) is 116 cm³/mol. The highest BCUT2D eigenvalue weighted by Gasteiger charge is 2.27. The van der Waals surface area contributed by atoms with Gasteiger partial charge >= 0.3 is 6.03 Å². The number of benzene rings is 1. The number of carbonyl (C=O) groups is 1. The fourth-order valence-corrected chi connectivity index (χ4v) is 4.84. The second-order valence-electron chi connectivity index (χ2n) is 8.51. The molecule has 4 rings (SSSR count). The Kier molecular flexibility index (Phi) is 5.17. The first-order valence-electron chi connectivity index (χ1n) is 9.92. The average molecular weight is 411 g/mol. The van der Waals surface area contributed by atoms with Crippen molar-refractivity contribution < 1.29 is 4.79 Å². The van der Waals surface area contributed by atoms with E-state index in [1.54, 1.807) is 10.9 Å². The van der Waals surface area contributed by atoms with Crippen molar-refractivity contribution in [3.63, 3.8) is 0 Å². The molecule has 0 saturated carbocycles. The minimum absolute atomic E-state index is 0.0241. The van der Waals surface area contributed by atoms with Crippen molar-refractivity contribution >= 4 is 27.6 Å². The second-order valence-corrected chi connectivity index (χ2v) is 9.60. The van der Waals surface area contributed by atoms with Gasteiger partial charge in [0.25, 0.3) is 5.56 Å². The van der Waals surface area contributed by atoms with Crippen molar-refractivity contribution in [2.45, 2.75) is 52.2 Å². The Morgan fingerprint density at radius 1 is 1.24 bits per heavy atom. The van der Waals surface area contributed by atoms with Crippen LogP contribution in [-0.4, -0.2) is 32.6 Å². The summed E-state index contributed by atoms with van der Waals surface area (Å²) in [5.74, 6) is 0. The largest absolute Gasteiger partial charge is 0.333 e. The molecule has 0 aliphatic carbocycles. The maximum atomic E-state index is 13.1. The van der Waals surface area contributed by atoms with Crippen molar-refractivity contribution in [1.29, 1.82) is 0 Å². The van der Waals surface area contributed by atoms with Gasteiger partial charge in [0.15, 0.2) is 0 Å². The van der Waals surface area contributed by atoms with Crippen molar-refractivity contribution in [2.24, 2.45) is 0 Å². The van der Waals surface area contributed by atoms with E-state index in [0.717, 1.165) is 27.1 Å². The predicted octanol–water partition coefficient (Wildman–Crippen LogP) is 3.57. The van der Waals surface area contributed by atoms with Crippen LogP contribution in [0.15, 0.2) is 41.5 Å². The molecule has 0 unspecified atom stereocenters. The van der Waals surface area contributed by atoms with Gasteiger partial charge in [-0.1, -0.05) is 30.3 Å². The normalized spacial score (nSPS) is 14.1. The maximum absolute atomic E-state index is 13.1. The van der Waals surface area contributed by atoms with E-state index in [-0.39, 0.29) is 17.1 Å². The van der Waals surface area contributed by atoms with Crippen LogP contribution < -0.4 is 10.9 Å². The molecule has 1 aliphatic heterocycles. The number of carbonyl (C=O) groups excluding carboxylic acids is 1. The Morgan fingerprint density at radius 3 is 2.72 bits per heavy atom. The summed E-state index contributed by atoms with van der Waals surface area (Å²) >= 11 is 1.53. The zero-order chi connectivity index (χ0) is 20.6. The zero-order valence-corrected chi connectivity index (χ0v) is 17.9. The van der Waals surface area contributed by atoms with Gasteiger partial charge < -0.3 is 10.2 Å². The Morgan fingerprint density at radius 2 is 2.00 bits per heavy atom. The van der Waals surface area contributed by atoms with Crippen LogP contribution in [0.25, 0.3) is 10.2 Å². The van der Waals surface area contributed by atoms with Crippen LogP contribution in [0.1, 0.15) is 36.8 Å². The smallest absolute Gasteiger partial charge is 0.318 e. The highest BCUT2D eigenvalue weighted by Crippen LogP contribution is 2.32. The van der Waals surface area contributed by atoms with Gasteiger partial charge in [-0.25, -0.2) is 9.78 Å². The molecular weight excluding hydrogens is 384 g/mol. The summed E-state index contributed by atoms with van der Waals surface area (Å²) in [6.07, 6.45) is 3.13. The van der Waals surface area contributed by atoms with Crippen LogP contribution in [0, 0.1) is 0 Å². The van der Waals surface area contributed by atoms with Gasteiger partial charge in [-0.3, -0.25) is 9.36 Å². The third-order valence-electron chi connectivity index (χ3n) is 5.08. The Hall–Kier alpha value is -2.67. The average Bonchev–Trinajstić information content (AvgIpc) is 3.05. The van der Waals surface area contributed by atoms with Crippen molar-refractivity contribution in [1.82, 2.24) is 19.8 Å². The number of nitrogens with one attached hydrogen (secondary N) is 1. The number of amides is 2. The lowest BCUT2D eigenvalue weighted by Crippen LogP contribution is -2.49. The standard InChI is InChI=1S/C22H26N4O2S/c1-22(2,3)24-21(28)25-12-10-16-17(13-25)29-19-18(16)20(27)26(14-23-19)11-9-15-7-5-4-6-8-15/h4-8,14H,9-13H2,1-3H3,(H,24,28). The summed E-state index contributed by atoms with van der Waals surface area (Å²) < 4.78 is 1.71. The molecule has 2 amide bonds. The topological polar surface area (TPSA) is 67.2 Å². The minimum atomic E-state index is -0.272. The number of hydrogen-bond acceptors (Lipinski definition) is 4. The third kappa shape index (κ3) is 4.19. The zero-order valence-electron chi connectivity index (χ0n) is 17.1. The van der Waals surface area contributed by atoms with Crippen LogP contribution in [0.2, 0.25) is 0 Å². The van der Waals surface area contributed by atoms with Gasteiger partial charge in [-0.05, 0) is 44.7 Å². The molecule has 0 saturated heterocycles. The molecule has 1 N–H and O–H groups in total. The van der Waals surface area contributed by atoms with Gasteiger partial charge in [0.05, 0.1) is 18.3 Å². The molecule has 0 fully saturated rings. The maximum Gasteiger partial charge on any atom is 0.318 e. The van der Waals surface area contributed by atoms with Gasteiger partial charge in [-0.15, -0.1) is 11.3 Å². The summed E-state index contributed by atoms with van der Waals surface area (Å²) in [6.45, 7) is 7.67. The number of nitrogens with zero attached hydrogens (tertiary/aromatic N) is 3. The molecule has 1 aromatic carbocycles. The van der Waals surface area contributed by atoms with Crippen molar-refractivity contribution in [3.05, 3.63) is 63.0 Å². The molecule has 0 bridgehead atoms. The lowest BCUT2D eigenvalue weighted by atomic mass is 10.1. The Bertz CT molecular complexity index is 1100. The first-order valence-corrected chi connectivity index (χ1v) is 10.7. The summed E-state index contributed by atoms with van der Waals surface area (Å²) in [7, 11) is 0. The molecule has 29 heavy (non-hydrogen) atoms. The molecule has 6 nitrogen and oxygen atoms in total. The van der Waals surface area contributed by atoms with E-state index in [2.05, 4.69) is 22.4 Å². The lowest BCUT2D eigenvalue weighted by molar-refractivity contribution is 0.184. The highest BCUT2D eigenvalue weighted by molar-refractivity contribution is 7.18. The SMILES string of the molecule is CC(C)(C)NC(=O)N1CCc2c(sc3ncn(CCc4ccccc4)c(=O)c23)C1. The van der Waals surface area contributed by atoms with E-state index in [1.807, 2.05) is 43.9 Å². The summed E-state index contributed by atoms with van der Waals surface area (Å²) in [5.41, 5.74) is 2.02. The quantitative estimate of drug-likeness (QED) is 0.718. The van der Waals surface area contributed by atoms with E-state index in [9.17, 15) is 9.59 Å². The number of thiophene rings is 1. The monoisotopic (exact) mass is 410 g/mol. The van der Waals surface area contributed by atoms with Gasteiger partial charge in [0.1, 0.15) is 4.83 Å². The number of aryl methyl sites for hydroxylation is 2. The summed E-state index contributed by atoms with van der Waals surface area (Å²) in [6, 6.07) is 10.1. The van der Waals surface area contributed by atoms with Crippen molar-refractivity contribution in [2.75, 3.05) is 6.54 Å². The van der Waals surface area contributed by atoms with Crippen LogP contribution >= 0.6 is 11.3 Å². The van der Waals surface area contributed by atoms with Crippen LogP contribution in [0.3, 0.4) is 0 Å². The van der Waals surface area contributed by atoms with E-state index >= 15 is 0 Å². The molecule has 2 aromatic heterocycles. The third-order valence-corrected chi connectivity index (χ3v) is 6.21. The molecule has 3 aromatic rings. The van der Waals surface area contributed by atoms with Crippen LogP contribution in [0.5, 0.6) is 0 Å². The fraction of sp³-hybridized carbons (Fsp3) is 0.409. The Labute approximate surface area is 174 Å². The Balaban J connectivity index is 1.57. The lowest BCUT2D eigenvalue weighted by Gasteiger charge is -2.31. The number of hydrogen-bond donors (Lipinski definition) is 1. The molecule has 3 heterocycles. The summed E-state index contributed by atoms with van der Waals surface area (Å²) in [4.78, 5) is 33.8. The first kappa shape index (κ1) is 19.6. The molecule has 152 valence electrons. The summed E-state index contributed by atoms with van der Waals surface area (Å²) in [5, 5.41) is 3.75. The van der Waals surface area contributed by atoms with Crippen LogP contribution in [0.4, 0.5) is 4.79 Å². The van der Waals surface area contributed by atoms with Gasteiger partial charge in [0, 0.05) is 23.5 Å². The minimum Gasteiger partial charge on any atom is -0.333 e. The number of aromatic nitrogens is 2. The van der Waals surface area contributed by atoms with Gasteiger partial charge in [-0.2, -0.15) is 0 Å². The second kappa shape index (κ2) is 7.63. The van der Waals surface area contributed by atoms with E-state index < -0.39 is 0 Å². The molecule has 7 heteroatoms. The highest BCUT2D eigenvalue weighted by atomic mass is 32.1. The van der Waals surface area contributed by atoms with E-state index in [4.69, 9.17) is 0 Å². The molecular formula is C22H26N4O2S. The number of rotatable bonds is 3. The molecule has 0 atom stereocenters. The van der Waals surface area contributed by atoms with Crippen LogP contribution in [-0.2, 0) is 25.9 Å².